The molecule has 0 radical (unpaired) electrons. The second kappa shape index (κ2) is 6.97. The summed E-state index contributed by atoms with van der Waals surface area (Å²) < 4.78 is 11.2. The number of carbonyl (C=O) groups is 1. The maximum atomic E-state index is 12.7. The predicted octanol–water partition coefficient (Wildman–Crippen LogP) is 4.75. The van der Waals surface area contributed by atoms with Gasteiger partial charge in [-0.25, -0.2) is 4.79 Å². The van der Waals surface area contributed by atoms with Gasteiger partial charge < -0.3 is 15.2 Å². The van der Waals surface area contributed by atoms with Crippen LogP contribution in [-0.4, -0.2) is 12.6 Å². The van der Waals surface area contributed by atoms with Crippen molar-refractivity contribution >= 4 is 28.3 Å². The Hall–Kier alpha value is -2.98. The van der Waals surface area contributed by atoms with Crippen molar-refractivity contribution in [3.05, 3.63) is 88.3 Å². The van der Waals surface area contributed by atoms with Gasteiger partial charge in [0.05, 0.1) is 12.5 Å². The molecule has 0 spiro atoms. The van der Waals surface area contributed by atoms with Crippen molar-refractivity contribution in [2.75, 3.05) is 6.61 Å². The first-order valence-electron chi connectivity index (χ1n) is 8.72. The lowest BCUT2D eigenvalue weighted by atomic mass is 9.82. The van der Waals surface area contributed by atoms with E-state index in [0.29, 0.717) is 16.3 Å². The smallest absolute Gasteiger partial charge is 0.340 e. The minimum Gasteiger partial charge on any atom is -0.462 e. The van der Waals surface area contributed by atoms with Gasteiger partial charge in [0.15, 0.2) is 0 Å². The molecule has 1 heterocycles. The van der Waals surface area contributed by atoms with Crippen LogP contribution < -0.4 is 10.5 Å². The van der Waals surface area contributed by atoms with E-state index in [2.05, 4.69) is 0 Å². The van der Waals surface area contributed by atoms with Gasteiger partial charge in [0.25, 0.3) is 0 Å². The van der Waals surface area contributed by atoms with E-state index in [0.717, 1.165) is 21.9 Å². The summed E-state index contributed by atoms with van der Waals surface area (Å²) in [6.07, 6.45) is 0. The fourth-order valence-corrected chi connectivity index (χ4v) is 3.82. The van der Waals surface area contributed by atoms with Gasteiger partial charge in [-0.15, -0.1) is 0 Å². The van der Waals surface area contributed by atoms with Crippen LogP contribution in [0.2, 0.25) is 5.02 Å². The zero-order chi connectivity index (χ0) is 19.0. The summed E-state index contributed by atoms with van der Waals surface area (Å²) in [5, 5.41) is 2.32. The highest BCUT2D eigenvalue weighted by molar-refractivity contribution is 6.36. The van der Waals surface area contributed by atoms with E-state index in [1.54, 1.807) is 6.92 Å². The average Bonchev–Trinajstić information content (AvgIpc) is 2.69. The van der Waals surface area contributed by atoms with Crippen LogP contribution in [0.4, 0.5) is 0 Å². The Balaban J connectivity index is 2.01. The second-order valence-electron chi connectivity index (χ2n) is 6.27. The van der Waals surface area contributed by atoms with Gasteiger partial charge >= 0.3 is 5.97 Å². The van der Waals surface area contributed by atoms with Crippen LogP contribution in [0.3, 0.4) is 0 Å². The van der Waals surface area contributed by atoms with Crippen molar-refractivity contribution < 1.29 is 14.3 Å². The van der Waals surface area contributed by atoms with Gasteiger partial charge in [-0.1, -0.05) is 66.2 Å². The van der Waals surface area contributed by atoms with Crippen molar-refractivity contribution in [1.29, 1.82) is 0 Å². The molecule has 1 aliphatic heterocycles. The van der Waals surface area contributed by atoms with Crippen molar-refractivity contribution in [1.82, 2.24) is 0 Å². The number of benzene rings is 3. The molecule has 4 rings (SSSR count). The topological polar surface area (TPSA) is 61.5 Å². The van der Waals surface area contributed by atoms with Crippen molar-refractivity contribution in [2.45, 2.75) is 12.8 Å². The molecule has 0 saturated carbocycles. The Labute approximate surface area is 162 Å². The van der Waals surface area contributed by atoms with E-state index >= 15 is 0 Å². The lowest BCUT2D eigenvalue weighted by Crippen LogP contribution is -2.27. The van der Waals surface area contributed by atoms with E-state index in [1.165, 1.54) is 0 Å². The molecule has 3 aromatic carbocycles. The third-order valence-corrected chi connectivity index (χ3v) is 4.99. The number of fused-ring (bicyclic) bond motifs is 3. The second-order valence-corrected chi connectivity index (χ2v) is 6.67. The average molecular weight is 380 g/mol. The van der Waals surface area contributed by atoms with Crippen LogP contribution in [-0.2, 0) is 9.53 Å². The molecule has 5 heteroatoms. The lowest BCUT2D eigenvalue weighted by molar-refractivity contribution is -0.139. The first kappa shape index (κ1) is 17.4. The van der Waals surface area contributed by atoms with E-state index in [9.17, 15) is 4.79 Å². The first-order valence-corrected chi connectivity index (χ1v) is 9.10. The summed E-state index contributed by atoms with van der Waals surface area (Å²) in [5.41, 5.74) is 8.21. The fourth-order valence-electron chi connectivity index (χ4n) is 3.53. The van der Waals surface area contributed by atoms with Crippen LogP contribution in [0, 0.1) is 0 Å². The molecule has 2 N–H and O–H groups in total. The number of ether oxygens (including phenoxy) is 2. The third kappa shape index (κ3) is 2.92. The minimum atomic E-state index is -0.487. The highest BCUT2D eigenvalue weighted by Gasteiger charge is 2.36. The quantitative estimate of drug-likeness (QED) is 0.667. The van der Waals surface area contributed by atoms with E-state index in [-0.39, 0.29) is 12.5 Å². The molecule has 1 atom stereocenters. The highest BCUT2D eigenvalue weighted by atomic mass is 35.5. The zero-order valence-electron chi connectivity index (χ0n) is 14.7. The maximum absolute atomic E-state index is 12.7. The monoisotopic (exact) mass is 379 g/mol. The Morgan fingerprint density at radius 1 is 1.11 bits per heavy atom. The molecule has 136 valence electrons. The normalized spacial score (nSPS) is 16.0. The molecule has 0 unspecified atom stereocenters. The van der Waals surface area contributed by atoms with Crippen LogP contribution in [0.25, 0.3) is 10.8 Å². The van der Waals surface area contributed by atoms with Gasteiger partial charge in [0, 0.05) is 21.4 Å². The third-order valence-electron chi connectivity index (χ3n) is 4.68. The number of halogens is 1. The number of rotatable bonds is 3. The van der Waals surface area contributed by atoms with Crippen molar-refractivity contribution in [3.63, 3.8) is 0 Å². The first-order chi connectivity index (χ1) is 13.1. The van der Waals surface area contributed by atoms with Gasteiger partial charge in [0.2, 0.25) is 5.88 Å². The Morgan fingerprint density at radius 2 is 1.78 bits per heavy atom. The SMILES string of the molecule is CCOC(=O)C1=C(N)Oc2c(cc(Cl)c3ccccc23)[C@@H]1c1ccccc1. The maximum Gasteiger partial charge on any atom is 0.340 e. The molecular formula is C22H18ClNO3. The molecule has 1 aliphatic rings. The van der Waals surface area contributed by atoms with E-state index in [4.69, 9.17) is 26.8 Å². The number of hydrogen-bond donors (Lipinski definition) is 1. The van der Waals surface area contributed by atoms with Crippen molar-refractivity contribution in [2.24, 2.45) is 5.73 Å². The summed E-state index contributed by atoms with van der Waals surface area (Å²) in [4.78, 5) is 12.7. The predicted molar refractivity (Wildman–Crippen MR) is 106 cm³/mol. The molecule has 0 fully saturated rings. The van der Waals surface area contributed by atoms with Crippen LogP contribution in [0.5, 0.6) is 5.75 Å². The molecule has 0 saturated heterocycles. The number of esters is 1. The standard InChI is InChI=1S/C22H18ClNO3/c1-2-26-22(25)19-18(13-8-4-3-5-9-13)16-12-17(23)14-10-6-7-11-15(14)20(16)27-21(19)24/h3-12,18H,2,24H2,1H3/t18-/m0/s1. The zero-order valence-corrected chi connectivity index (χ0v) is 15.5. The van der Waals surface area contributed by atoms with Crippen LogP contribution in [0.1, 0.15) is 24.0 Å². The summed E-state index contributed by atoms with van der Waals surface area (Å²) in [6, 6.07) is 19.2. The fraction of sp³-hybridized carbons (Fsp3) is 0.136. The van der Waals surface area contributed by atoms with Crippen LogP contribution in [0.15, 0.2) is 72.1 Å². The largest absolute Gasteiger partial charge is 0.462 e. The van der Waals surface area contributed by atoms with Gasteiger partial charge in [0.1, 0.15) is 11.3 Å². The summed E-state index contributed by atoms with van der Waals surface area (Å²) in [6.45, 7) is 2.01. The molecule has 0 aromatic heterocycles. The summed E-state index contributed by atoms with van der Waals surface area (Å²) in [7, 11) is 0. The van der Waals surface area contributed by atoms with Gasteiger partial charge in [-0.2, -0.15) is 0 Å². The Morgan fingerprint density at radius 3 is 2.48 bits per heavy atom. The molecular weight excluding hydrogens is 362 g/mol. The van der Waals surface area contributed by atoms with Gasteiger partial charge in [-0.3, -0.25) is 0 Å². The number of carbonyl (C=O) groups excluding carboxylic acids is 1. The van der Waals surface area contributed by atoms with E-state index in [1.807, 2.05) is 60.7 Å². The summed E-state index contributed by atoms with van der Waals surface area (Å²) >= 11 is 6.55. The number of nitrogens with two attached hydrogens (primary N) is 1. The minimum absolute atomic E-state index is 0.0577. The Bertz CT molecular complexity index is 1060. The molecule has 4 nitrogen and oxygen atoms in total. The number of hydrogen-bond acceptors (Lipinski definition) is 4. The van der Waals surface area contributed by atoms with Crippen LogP contribution >= 0.6 is 11.6 Å². The molecule has 0 aliphatic carbocycles. The molecule has 0 amide bonds. The molecule has 3 aromatic rings. The summed E-state index contributed by atoms with van der Waals surface area (Å²) in [5.74, 6) is -0.230. The molecule has 0 bridgehead atoms. The van der Waals surface area contributed by atoms with E-state index < -0.39 is 11.9 Å². The Kier molecular flexibility index (Phi) is 4.50. The lowest BCUT2D eigenvalue weighted by Gasteiger charge is -2.29. The van der Waals surface area contributed by atoms with Crippen molar-refractivity contribution in [3.8, 4) is 5.75 Å². The molecule has 27 heavy (non-hydrogen) atoms. The highest BCUT2D eigenvalue weighted by Crippen LogP contribution is 2.47. The van der Waals surface area contributed by atoms with Gasteiger partial charge in [-0.05, 0) is 18.6 Å².